The second-order valence-corrected chi connectivity index (χ2v) is 7.63. The maximum atomic E-state index is 12.4. The van der Waals surface area contributed by atoms with Crippen molar-refractivity contribution in [2.24, 2.45) is 5.92 Å². The molecule has 1 aliphatic carbocycles. The van der Waals surface area contributed by atoms with Crippen LogP contribution in [0.4, 0.5) is 0 Å². The molecule has 27 heavy (non-hydrogen) atoms. The van der Waals surface area contributed by atoms with Crippen LogP contribution in [0.2, 0.25) is 0 Å². The summed E-state index contributed by atoms with van der Waals surface area (Å²) in [5.74, 6) is 1.25. The Hall–Kier alpha value is -2.24. The van der Waals surface area contributed by atoms with Gasteiger partial charge in [0.2, 0.25) is 5.88 Å². The number of benzene rings is 1. The summed E-state index contributed by atoms with van der Waals surface area (Å²) in [4.78, 5) is 16.6. The van der Waals surface area contributed by atoms with Gasteiger partial charge in [-0.2, -0.15) is 0 Å². The lowest BCUT2D eigenvalue weighted by molar-refractivity contribution is 0.0877. The number of ether oxygens (including phenoxy) is 1. The molecule has 142 valence electrons. The van der Waals surface area contributed by atoms with Gasteiger partial charge in [0.15, 0.2) is 5.78 Å². The highest BCUT2D eigenvalue weighted by molar-refractivity contribution is 5.95. The van der Waals surface area contributed by atoms with Crippen LogP contribution in [0.25, 0.3) is 0 Å². The van der Waals surface area contributed by atoms with E-state index in [0.29, 0.717) is 36.8 Å². The highest BCUT2D eigenvalue weighted by Crippen LogP contribution is 2.29. The van der Waals surface area contributed by atoms with E-state index in [0.717, 1.165) is 13.0 Å². The number of carbonyl (C=O) groups excluding carboxylic acids is 1. The van der Waals surface area contributed by atoms with Crippen molar-refractivity contribution in [3.05, 3.63) is 59.3 Å². The fraction of sp³-hybridized carbons (Fsp3) is 0.455. The highest BCUT2D eigenvalue weighted by Gasteiger charge is 2.25. The van der Waals surface area contributed by atoms with Crippen molar-refractivity contribution in [2.75, 3.05) is 6.61 Å². The summed E-state index contributed by atoms with van der Waals surface area (Å²) in [7, 11) is 0. The Morgan fingerprint density at radius 3 is 2.78 bits per heavy atom. The maximum Gasteiger partial charge on any atom is 0.213 e. The minimum atomic E-state index is -0.545. The van der Waals surface area contributed by atoms with Crippen LogP contribution in [0.1, 0.15) is 47.2 Å². The van der Waals surface area contributed by atoms with Gasteiger partial charge in [-0.3, -0.25) is 4.79 Å². The van der Waals surface area contributed by atoms with Crippen LogP contribution in [0.15, 0.2) is 42.6 Å². The number of rotatable bonds is 8. The van der Waals surface area contributed by atoms with Gasteiger partial charge >= 0.3 is 0 Å². The van der Waals surface area contributed by atoms with Gasteiger partial charge in [0.05, 0.1) is 12.7 Å². The topological polar surface area (TPSA) is 71.5 Å². The number of nitrogens with zero attached hydrogens (tertiary/aromatic N) is 1. The fourth-order valence-corrected chi connectivity index (χ4v) is 3.49. The Morgan fingerprint density at radius 2 is 2.04 bits per heavy atom. The summed E-state index contributed by atoms with van der Waals surface area (Å²) < 4.78 is 5.60. The minimum absolute atomic E-state index is 0.00602. The summed E-state index contributed by atoms with van der Waals surface area (Å²) in [6.45, 7) is 1.47. The molecule has 2 aliphatic rings. The molecule has 5 heteroatoms. The van der Waals surface area contributed by atoms with Crippen molar-refractivity contribution in [2.45, 2.75) is 50.8 Å². The smallest absolute Gasteiger partial charge is 0.213 e. The molecule has 2 N–H and O–H groups in total. The maximum absolute atomic E-state index is 12.4. The van der Waals surface area contributed by atoms with Crippen LogP contribution in [-0.2, 0) is 13.0 Å². The van der Waals surface area contributed by atoms with Crippen LogP contribution >= 0.6 is 0 Å². The van der Waals surface area contributed by atoms with Crippen molar-refractivity contribution in [3.8, 4) is 5.88 Å². The molecule has 0 unspecified atom stereocenters. The minimum Gasteiger partial charge on any atom is -0.477 e. The second kappa shape index (κ2) is 8.19. The van der Waals surface area contributed by atoms with Crippen molar-refractivity contribution in [1.29, 1.82) is 0 Å². The molecule has 1 saturated carbocycles. The molecule has 0 radical (unpaired) electrons. The first-order valence-corrected chi connectivity index (χ1v) is 9.79. The van der Waals surface area contributed by atoms with Gasteiger partial charge < -0.3 is 15.2 Å². The molecular weight excluding hydrogens is 340 g/mol. The van der Waals surface area contributed by atoms with E-state index in [9.17, 15) is 9.90 Å². The number of pyridine rings is 1. The summed E-state index contributed by atoms with van der Waals surface area (Å²) in [5, 5.41) is 13.9. The van der Waals surface area contributed by atoms with Crippen LogP contribution in [0, 0.1) is 5.92 Å². The quantitative estimate of drug-likeness (QED) is 0.703. The van der Waals surface area contributed by atoms with Crippen LogP contribution in [-0.4, -0.2) is 34.6 Å². The predicted octanol–water partition coefficient (Wildman–Crippen LogP) is 2.91. The first kappa shape index (κ1) is 18.1. The molecular formula is C22H26N2O3. The molecule has 0 saturated heterocycles. The SMILES string of the molecule is O=C(CC[C@@H](O)[C@@H]1Cc2ccccc2CN1)c1ccc(OCC2CC2)nc1. The number of ketones is 1. The number of aliphatic hydroxyl groups excluding tert-OH is 1. The number of hydrogen-bond donors (Lipinski definition) is 2. The zero-order chi connectivity index (χ0) is 18.6. The van der Waals surface area contributed by atoms with Crippen molar-refractivity contribution in [1.82, 2.24) is 10.3 Å². The lowest BCUT2D eigenvalue weighted by Gasteiger charge is -2.29. The lowest BCUT2D eigenvalue weighted by Crippen LogP contribution is -2.44. The van der Waals surface area contributed by atoms with Crippen LogP contribution in [0.5, 0.6) is 5.88 Å². The molecule has 5 nitrogen and oxygen atoms in total. The van der Waals surface area contributed by atoms with Gasteiger partial charge in [-0.05, 0) is 48.8 Å². The Bertz CT molecular complexity index is 786. The van der Waals surface area contributed by atoms with Crippen LogP contribution < -0.4 is 10.1 Å². The second-order valence-electron chi connectivity index (χ2n) is 7.63. The Balaban J connectivity index is 1.26. The summed E-state index contributed by atoms with van der Waals surface area (Å²) >= 11 is 0. The first-order valence-electron chi connectivity index (χ1n) is 9.79. The van der Waals surface area contributed by atoms with Gasteiger partial charge in [-0.25, -0.2) is 4.98 Å². The van der Waals surface area contributed by atoms with E-state index in [2.05, 4.69) is 22.4 Å². The largest absolute Gasteiger partial charge is 0.477 e. The Kier molecular flexibility index (Phi) is 5.50. The third-order valence-electron chi connectivity index (χ3n) is 5.47. The molecule has 1 aromatic heterocycles. The van der Waals surface area contributed by atoms with E-state index in [1.165, 1.54) is 24.0 Å². The summed E-state index contributed by atoms with van der Waals surface area (Å²) in [6.07, 6.45) is 5.05. The number of aliphatic hydroxyl groups is 1. The average Bonchev–Trinajstić information content (AvgIpc) is 3.55. The van der Waals surface area contributed by atoms with Crippen molar-refractivity contribution < 1.29 is 14.6 Å². The van der Waals surface area contributed by atoms with Gasteiger partial charge in [-0.1, -0.05) is 24.3 Å². The Labute approximate surface area is 159 Å². The number of Topliss-reactive ketones (excluding diaryl/α,β-unsaturated/α-hetero) is 1. The van der Waals surface area contributed by atoms with Crippen molar-refractivity contribution >= 4 is 5.78 Å². The molecule has 0 spiro atoms. The molecule has 2 aromatic rings. The van der Waals surface area contributed by atoms with E-state index in [-0.39, 0.29) is 11.8 Å². The monoisotopic (exact) mass is 366 g/mol. The highest BCUT2D eigenvalue weighted by atomic mass is 16.5. The number of carbonyl (C=O) groups is 1. The molecule has 0 bridgehead atoms. The third-order valence-corrected chi connectivity index (χ3v) is 5.47. The Morgan fingerprint density at radius 1 is 1.22 bits per heavy atom. The zero-order valence-corrected chi connectivity index (χ0v) is 15.4. The molecule has 2 heterocycles. The summed E-state index contributed by atoms with van der Waals surface area (Å²) in [5.41, 5.74) is 3.13. The number of hydrogen-bond acceptors (Lipinski definition) is 5. The fourth-order valence-electron chi connectivity index (χ4n) is 3.49. The van der Waals surface area contributed by atoms with E-state index in [1.807, 2.05) is 12.1 Å². The lowest BCUT2D eigenvalue weighted by atomic mass is 9.91. The third kappa shape index (κ3) is 4.73. The van der Waals surface area contributed by atoms with Crippen LogP contribution in [0.3, 0.4) is 0 Å². The van der Waals surface area contributed by atoms with E-state index in [1.54, 1.807) is 18.3 Å². The molecule has 4 rings (SSSR count). The molecule has 1 aromatic carbocycles. The molecule has 1 fully saturated rings. The van der Waals surface area contributed by atoms with Crippen molar-refractivity contribution in [3.63, 3.8) is 0 Å². The summed E-state index contributed by atoms with van der Waals surface area (Å²) in [6, 6.07) is 11.8. The molecule has 0 amide bonds. The molecule has 1 aliphatic heterocycles. The van der Waals surface area contributed by atoms with E-state index in [4.69, 9.17) is 4.74 Å². The van der Waals surface area contributed by atoms with Gasteiger partial charge in [0.1, 0.15) is 0 Å². The van der Waals surface area contributed by atoms with Gasteiger partial charge in [-0.15, -0.1) is 0 Å². The standard InChI is InChI=1S/C22H26N2O3/c25-20(18-7-10-22(24-13-18)27-14-15-5-6-15)8-9-21(26)19-11-16-3-1-2-4-17(16)12-23-19/h1-4,7,10,13,15,19,21,23,26H,5-6,8-9,11-12,14H2/t19-,21+/m0/s1. The van der Waals surface area contributed by atoms with E-state index >= 15 is 0 Å². The number of fused-ring (bicyclic) bond motifs is 1. The zero-order valence-electron chi connectivity index (χ0n) is 15.4. The van der Waals surface area contributed by atoms with E-state index < -0.39 is 6.10 Å². The normalized spacial score (nSPS) is 20.0. The average molecular weight is 366 g/mol. The predicted molar refractivity (Wildman–Crippen MR) is 103 cm³/mol. The van der Waals surface area contributed by atoms with Gasteiger partial charge in [0.25, 0.3) is 0 Å². The number of nitrogens with one attached hydrogen (secondary N) is 1. The number of aromatic nitrogens is 1. The van der Waals surface area contributed by atoms with Gasteiger partial charge in [0, 0.05) is 36.8 Å². The first-order chi connectivity index (χ1) is 13.2. The molecule has 2 atom stereocenters.